The van der Waals surface area contributed by atoms with Crippen LogP contribution in [-0.2, 0) is 24.9 Å². The summed E-state index contributed by atoms with van der Waals surface area (Å²) in [5.74, 6) is -0.121. The maximum absolute atomic E-state index is 10.5. The lowest BCUT2D eigenvalue weighted by molar-refractivity contribution is -0.136. The van der Waals surface area contributed by atoms with Gasteiger partial charge in [0.1, 0.15) is 12.4 Å². The molecule has 0 amide bonds. The number of imidazole rings is 1. The number of aromatic nitrogens is 2. The normalized spacial score (nSPS) is 10.3. The first-order valence-corrected chi connectivity index (χ1v) is 5.54. The molecule has 0 saturated heterocycles. The molecule has 0 saturated carbocycles. The highest BCUT2D eigenvalue weighted by atomic mass is 16.5. The fraction of sp³-hybridized carbons (Fsp3) is 0.231. The molecule has 0 bridgehead atoms. The summed E-state index contributed by atoms with van der Waals surface area (Å²) in [4.78, 5) is 14.5. The number of hydrogen-bond donors (Lipinski definition) is 1. The van der Waals surface area contributed by atoms with E-state index in [4.69, 9.17) is 9.84 Å². The van der Waals surface area contributed by atoms with Gasteiger partial charge in [-0.25, -0.2) is 4.98 Å². The molecule has 0 aliphatic heterocycles. The Labute approximate surface area is 105 Å². The summed E-state index contributed by atoms with van der Waals surface area (Å²) in [6, 6.07) is 7.06. The van der Waals surface area contributed by atoms with Crippen molar-refractivity contribution in [3.8, 4) is 5.75 Å². The third-order valence-electron chi connectivity index (χ3n) is 2.58. The molecule has 1 aromatic heterocycles. The van der Waals surface area contributed by atoms with E-state index in [0.717, 1.165) is 11.3 Å². The molecule has 1 N–H and O–H groups in total. The molecule has 0 atom stereocenters. The standard InChI is InChI=1S/C13H14N2O3/c1-15-9-14-7-11(15)8-18-12-4-2-10(3-5-12)6-13(16)17/h2-5,7,9H,6,8H2,1H3,(H,16,17). The van der Waals surface area contributed by atoms with Gasteiger partial charge in [0.15, 0.2) is 0 Å². The predicted molar refractivity (Wildman–Crippen MR) is 65.3 cm³/mol. The molecule has 0 radical (unpaired) electrons. The maximum atomic E-state index is 10.5. The molecule has 2 rings (SSSR count). The number of aryl methyl sites for hydroxylation is 1. The van der Waals surface area contributed by atoms with E-state index in [9.17, 15) is 4.79 Å². The summed E-state index contributed by atoms with van der Waals surface area (Å²) in [7, 11) is 1.90. The lowest BCUT2D eigenvalue weighted by atomic mass is 10.1. The number of aliphatic carboxylic acids is 1. The summed E-state index contributed by atoms with van der Waals surface area (Å²) in [6.45, 7) is 0.439. The van der Waals surface area contributed by atoms with Crippen LogP contribution in [0, 0.1) is 0 Å². The van der Waals surface area contributed by atoms with Gasteiger partial charge in [0.2, 0.25) is 0 Å². The molecule has 0 aliphatic rings. The van der Waals surface area contributed by atoms with Crippen LogP contribution in [0.25, 0.3) is 0 Å². The average Bonchev–Trinajstić information content (AvgIpc) is 2.73. The minimum absolute atomic E-state index is 0.0298. The minimum atomic E-state index is -0.835. The Morgan fingerprint density at radius 1 is 1.39 bits per heavy atom. The second kappa shape index (κ2) is 5.35. The van der Waals surface area contributed by atoms with Gasteiger partial charge in [-0.05, 0) is 17.7 Å². The topological polar surface area (TPSA) is 64.4 Å². The quantitative estimate of drug-likeness (QED) is 0.870. The molecular formula is C13H14N2O3. The van der Waals surface area contributed by atoms with Crippen molar-refractivity contribution in [1.82, 2.24) is 9.55 Å². The molecule has 94 valence electrons. The van der Waals surface area contributed by atoms with Gasteiger partial charge in [-0.15, -0.1) is 0 Å². The van der Waals surface area contributed by atoms with Crippen LogP contribution in [0.4, 0.5) is 0 Å². The van der Waals surface area contributed by atoms with E-state index in [0.29, 0.717) is 12.4 Å². The smallest absolute Gasteiger partial charge is 0.307 e. The molecule has 5 heteroatoms. The number of rotatable bonds is 5. The lowest BCUT2D eigenvalue weighted by Crippen LogP contribution is -2.02. The van der Waals surface area contributed by atoms with Crippen molar-refractivity contribution in [3.05, 3.63) is 48.0 Å². The van der Waals surface area contributed by atoms with Crippen LogP contribution in [0.15, 0.2) is 36.8 Å². The number of nitrogens with zero attached hydrogens (tertiary/aromatic N) is 2. The predicted octanol–water partition coefficient (Wildman–Crippen LogP) is 1.63. The van der Waals surface area contributed by atoms with Crippen molar-refractivity contribution in [1.29, 1.82) is 0 Å². The maximum Gasteiger partial charge on any atom is 0.307 e. The molecule has 18 heavy (non-hydrogen) atoms. The fourth-order valence-electron chi connectivity index (χ4n) is 1.56. The van der Waals surface area contributed by atoms with Crippen LogP contribution in [-0.4, -0.2) is 20.6 Å². The van der Waals surface area contributed by atoms with Gasteiger partial charge >= 0.3 is 5.97 Å². The SMILES string of the molecule is Cn1cncc1COc1ccc(CC(=O)O)cc1. The van der Waals surface area contributed by atoms with Crippen LogP contribution >= 0.6 is 0 Å². The highest BCUT2D eigenvalue weighted by Crippen LogP contribution is 2.14. The summed E-state index contributed by atoms with van der Waals surface area (Å²) < 4.78 is 7.47. The number of hydrogen-bond acceptors (Lipinski definition) is 3. The first kappa shape index (κ1) is 12.2. The Bertz CT molecular complexity index is 531. The zero-order chi connectivity index (χ0) is 13.0. The monoisotopic (exact) mass is 246 g/mol. The van der Waals surface area contributed by atoms with Crippen LogP contribution in [0.2, 0.25) is 0 Å². The summed E-state index contributed by atoms with van der Waals surface area (Å²) in [5.41, 5.74) is 1.74. The number of carboxylic acids is 1. The van der Waals surface area contributed by atoms with Gasteiger partial charge in [0, 0.05) is 7.05 Å². The Hall–Kier alpha value is -2.30. The summed E-state index contributed by atoms with van der Waals surface area (Å²) in [5, 5.41) is 8.65. The van der Waals surface area contributed by atoms with E-state index in [1.165, 1.54) is 0 Å². The third kappa shape index (κ3) is 3.10. The number of carbonyl (C=O) groups is 1. The molecular weight excluding hydrogens is 232 g/mol. The van der Waals surface area contributed by atoms with Gasteiger partial charge in [-0.1, -0.05) is 12.1 Å². The van der Waals surface area contributed by atoms with Crippen molar-refractivity contribution < 1.29 is 14.6 Å². The van der Waals surface area contributed by atoms with Gasteiger partial charge in [0.05, 0.1) is 24.6 Å². The molecule has 0 spiro atoms. The average molecular weight is 246 g/mol. The van der Waals surface area contributed by atoms with Crippen molar-refractivity contribution in [2.24, 2.45) is 7.05 Å². The highest BCUT2D eigenvalue weighted by molar-refractivity contribution is 5.70. The molecule has 0 aliphatic carbocycles. The molecule has 5 nitrogen and oxygen atoms in total. The summed E-state index contributed by atoms with van der Waals surface area (Å²) >= 11 is 0. The Morgan fingerprint density at radius 2 is 2.11 bits per heavy atom. The van der Waals surface area contributed by atoms with Crippen molar-refractivity contribution in [2.45, 2.75) is 13.0 Å². The van der Waals surface area contributed by atoms with E-state index in [1.54, 1.807) is 36.8 Å². The van der Waals surface area contributed by atoms with E-state index in [1.807, 2.05) is 11.6 Å². The van der Waals surface area contributed by atoms with Crippen LogP contribution < -0.4 is 4.74 Å². The second-order valence-corrected chi connectivity index (χ2v) is 4.00. The van der Waals surface area contributed by atoms with Gasteiger partial charge in [-0.3, -0.25) is 4.79 Å². The van der Waals surface area contributed by atoms with Crippen LogP contribution in [0.1, 0.15) is 11.3 Å². The largest absolute Gasteiger partial charge is 0.487 e. The first-order chi connectivity index (χ1) is 8.65. The Balaban J connectivity index is 1.94. The number of ether oxygens (including phenoxy) is 1. The lowest BCUT2D eigenvalue weighted by Gasteiger charge is -2.07. The van der Waals surface area contributed by atoms with E-state index >= 15 is 0 Å². The Morgan fingerprint density at radius 3 is 2.67 bits per heavy atom. The molecule has 1 aromatic carbocycles. The molecule has 0 unspecified atom stereocenters. The molecule has 2 aromatic rings. The van der Waals surface area contributed by atoms with Crippen LogP contribution in [0.5, 0.6) is 5.75 Å². The highest BCUT2D eigenvalue weighted by Gasteiger charge is 2.02. The minimum Gasteiger partial charge on any atom is -0.487 e. The van der Waals surface area contributed by atoms with Crippen molar-refractivity contribution in [3.63, 3.8) is 0 Å². The van der Waals surface area contributed by atoms with Crippen molar-refractivity contribution in [2.75, 3.05) is 0 Å². The zero-order valence-electron chi connectivity index (χ0n) is 10.0. The van der Waals surface area contributed by atoms with Gasteiger partial charge in [0.25, 0.3) is 0 Å². The van der Waals surface area contributed by atoms with E-state index < -0.39 is 5.97 Å². The second-order valence-electron chi connectivity index (χ2n) is 4.00. The summed E-state index contributed by atoms with van der Waals surface area (Å²) in [6.07, 6.45) is 3.50. The molecule has 0 fully saturated rings. The van der Waals surface area contributed by atoms with E-state index in [-0.39, 0.29) is 6.42 Å². The van der Waals surface area contributed by atoms with Crippen molar-refractivity contribution >= 4 is 5.97 Å². The first-order valence-electron chi connectivity index (χ1n) is 5.54. The van der Waals surface area contributed by atoms with Crippen LogP contribution in [0.3, 0.4) is 0 Å². The number of benzene rings is 1. The third-order valence-corrected chi connectivity index (χ3v) is 2.58. The van der Waals surface area contributed by atoms with Gasteiger partial charge < -0.3 is 14.4 Å². The van der Waals surface area contributed by atoms with E-state index in [2.05, 4.69) is 4.98 Å². The zero-order valence-corrected chi connectivity index (χ0v) is 10.0. The molecule has 1 heterocycles. The Kier molecular flexibility index (Phi) is 3.62. The fourth-order valence-corrected chi connectivity index (χ4v) is 1.56. The number of carboxylic acid groups (broad SMARTS) is 1. The van der Waals surface area contributed by atoms with Gasteiger partial charge in [-0.2, -0.15) is 0 Å².